The van der Waals surface area contributed by atoms with Crippen LogP contribution in [0, 0.1) is 0 Å². The summed E-state index contributed by atoms with van der Waals surface area (Å²) in [5.74, 6) is 0.0373. The maximum atomic E-state index is 12.1. The van der Waals surface area contributed by atoms with Crippen molar-refractivity contribution >= 4 is 11.6 Å². The lowest BCUT2D eigenvalue weighted by Crippen LogP contribution is -2.50. The van der Waals surface area contributed by atoms with Crippen molar-refractivity contribution in [1.29, 1.82) is 0 Å². The van der Waals surface area contributed by atoms with E-state index in [0.717, 1.165) is 31.6 Å². The molecule has 0 saturated carbocycles. The van der Waals surface area contributed by atoms with Crippen LogP contribution in [-0.4, -0.2) is 36.0 Å². The van der Waals surface area contributed by atoms with Crippen molar-refractivity contribution < 1.29 is 4.79 Å². The van der Waals surface area contributed by atoms with Crippen molar-refractivity contribution in [2.75, 3.05) is 18.4 Å². The Balaban J connectivity index is 1.92. The first-order chi connectivity index (χ1) is 8.66. The number of piperidine rings is 1. The van der Waals surface area contributed by atoms with E-state index in [9.17, 15) is 4.79 Å². The quantitative estimate of drug-likeness (QED) is 0.849. The number of nitrogens with two attached hydrogens (primary N) is 1. The average molecular weight is 247 g/mol. The van der Waals surface area contributed by atoms with E-state index in [1.807, 2.05) is 37.3 Å². The van der Waals surface area contributed by atoms with Crippen LogP contribution in [0.3, 0.4) is 0 Å². The monoisotopic (exact) mass is 247 g/mol. The first-order valence-corrected chi connectivity index (χ1v) is 6.52. The highest BCUT2D eigenvalue weighted by atomic mass is 16.2. The number of hydrogen-bond acceptors (Lipinski definition) is 3. The second kappa shape index (κ2) is 5.98. The van der Waals surface area contributed by atoms with Crippen molar-refractivity contribution in [3.8, 4) is 0 Å². The molecule has 1 aromatic carbocycles. The Hall–Kier alpha value is -1.39. The van der Waals surface area contributed by atoms with Crippen molar-refractivity contribution in [3.63, 3.8) is 0 Å². The molecule has 18 heavy (non-hydrogen) atoms. The van der Waals surface area contributed by atoms with Gasteiger partial charge in [0.1, 0.15) is 0 Å². The van der Waals surface area contributed by atoms with Gasteiger partial charge in [-0.1, -0.05) is 18.2 Å². The van der Waals surface area contributed by atoms with Gasteiger partial charge in [-0.2, -0.15) is 0 Å². The number of nitrogens with zero attached hydrogens (tertiary/aromatic N) is 1. The Morgan fingerprint density at radius 3 is 2.83 bits per heavy atom. The number of amides is 1. The molecule has 1 heterocycles. The molecule has 0 bridgehead atoms. The zero-order chi connectivity index (χ0) is 13.0. The van der Waals surface area contributed by atoms with E-state index in [0.29, 0.717) is 0 Å². The summed E-state index contributed by atoms with van der Waals surface area (Å²) in [7, 11) is 0. The molecule has 4 nitrogen and oxygen atoms in total. The normalized spacial score (nSPS) is 22.4. The van der Waals surface area contributed by atoms with Gasteiger partial charge in [0.05, 0.1) is 6.04 Å². The zero-order valence-corrected chi connectivity index (χ0v) is 10.8. The first-order valence-electron chi connectivity index (χ1n) is 6.52. The molecule has 0 aromatic heterocycles. The van der Waals surface area contributed by atoms with Gasteiger partial charge in [-0.3, -0.25) is 9.69 Å². The van der Waals surface area contributed by atoms with Crippen LogP contribution < -0.4 is 11.1 Å². The summed E-state index contributed by atoms with van der Waals surface area (Å²) >= 11 is 0. The average Bonchev–Trinajstić information content (AvgIpc) is 2.39. The molecule has 1 aliphatic rings. The zero-order valence-electron chi connectivity index (χ0n) is 10.8. The van der Waals surface area contributed by atoms with Crippen molar-refractivity contribution in [3.05, 3.63) is 30.3 Å². The Morgan fingerprint density at radius 1 is 1.44 bits per heavy atom. The highest BCUT2D eigenvalue weighted by molar-refractivity contribution is 5.94. The maximum absolute atomic E-state index is 12.1. The Morgan fingerprint density at radius 2 is 2.17 bits per heavy atom. The summed E-state index contributed by atoms with van der Waals surface area (Å²) in [5, 5.41) is 2.93. The number of benzene rings is 1. The molecule has 0 aliphatic carbocycles. The molecule has 0 radical (unpaired) electrons. The highest BCUT2D eigenvalue weighted by Gasteiger charge is 2.25. The van der Waals surface area contributed by atoms with Gasteiger partial charge < -0.3 is 11.1 Å². The molecule has 1 unspecified atom stereocenters. The molecule has 98 valence electrons. The van der Waals surface area contributed by atoms with Gasteiger partial charge in [-0.15, -0.1) is 0 Å². The number of nitrogens with one attached hydrogen (secondary N) is 1. The van der Waals surface area contributed by atoms with Gasteiger partial charge in [-0.25, -0.2) is 0 Å². The molecule has 1 amide bonds. The van der Waals surface area contributed by atoms with Crippen LogP contribution in [0.25, 0.3) is 0 Å². The Labute approximate surface area is 108 Å². The van der Waals surface area contributed by atoms with E-state index in [1.165, 1.54) is 0 Å². The topological polar surface area (TPSA) is 58.4 Å². The molecule has 3 N–H and O–H groups in total. The van der Waals surface area contributed by atoms with E-state index < -0.39 is 0 Å². The first kappa shape index (κ1) is 13.1. The van der Waals surface area contributed by atoms with E-state index >= 15 is 0 Å². The second-order valence-electron chi connectivity index (χ2n) is 4.93. The molecule has 1 fully saturated rings. The molecule has 1 aromatic rings. The van der Waals surface area contributed by atoms with E-state index in [4.69, 9.17) is 5.73 Å². The van der Waals surface area contributed by atoms with Crippen LogP contribution in [0.15, 0.2) is 30.3 Å². The summed E-state index contributed by atoms with van der Waals surface area (Å²) in [6, 6.07) is 9.62. The fourth-order valence-electron chi connectivity index (χ4n) is 2.33. The highest BCUT2D eigenvalue weighted by Crippen LogP contribution is 2.13. The van der Waals surface area contributed by atoms with Crippen LogP contribution in [-0.2, 0) is 4.79 Å². The number of hydrogen-bond donors (Lipinski definition) is 2. The molecule has 4 heteroatoms. The molecule has 2 rings (SSSR count). The van der Waals surface area contributed by atoms with Crippen molar-refractivity contribution in [1.82, 2.24) is 4.90 Å². The van der Waals surface area contributed by atoms with Gasteiger partial charge in [0.25, 0.3) is 0 Å². The van der Waals surface area contributed by atoms with Gasteiger partial charge in [0, 0.05) is 18.3 Å². The number of rotatable bonds is 3. The summed E-state index contributed by atoms with van der Waals surface area (Å²) < 4.78 is 0. The van der Waals surface area contributed by atoms with Gasteiger partial charge in [0.2, 0.25) is 5.91 Å². The van der Waals surface area contributed by atoms with Crippen LogP contribution in [0.4, 0.5) is 5.69 Å². The van der Waals surface area contributed by atoms with Gasteiger partial charge in [0.15, 0.2) is 0 Å². The summed E-state index contributed by atoms with van der Waals surface area (Å²) in [6.45, 7) is 3.71. The maximum Gasteiger partial charge on any atom is 0.241 e. The SMILES string of the molecule is CC(C(=O)Nc1ccccc1)N1CCC[C@@H](N)C1. The predicted octanol–water partition coefficient (Wildman–Crippen LogP) is 1.44. The standard InChI is InChI=1S/C14H21N3O/c1-11(17-9-5-6-12(15)10-17)14(18)16-13-7-3-2-4-8-13/h2-4,7-8,11-12H,5-6,9-10,15H2,1H3,(H,16,18)/t11?,12-/m1/s1. The molecule has 1 saturated heterocycles. The molecular formula is C14H21N3O. The van der Waals surface area contributed by atoms with Gasteiger partial charge in [-0.05, 0) is 38.4 Å². The van der Waals surface area contributed by atoms with Crippen LogP contribution in [0.1, 0.15) is 19.8 Å². The minimum atomic E-state index is -0.128. The molecular weight excluding hydrogens is 226 g/mol. The van der Waals surface area contributed by atoms with Crippen LogP contribution in [0.5, 0.6) is 0 Å². The third kappa shape index (κ3) is 3.31. The van der Waals surface area contributed by atoms with Crippen LogP contribution >= 0.6 is 0 Å². The molecule has 1 aliphatic heterocycles. The minimum absolute atomic E-state index is 0.0373. The fourth-order valence-corrected chi connectivity index (χ4v) is 2.33. The fraction of sp³-hybridized carbons (Fsp3) is 0.500. The predicted molar refractivity (Wildman–Crippen MR) is 73.3 cm³/mol. The number of para-hydroxylation sites is 1. The molecule has 0 spiro atoms. The Kier molecular flexibility index (Phi) is 4.33. The van der Waals surface area contributed by atoms with Crippen molar-refractivity contribution in [2.24, 2.45) is 5.73 Å². The van der Waals surface area contributed by atoms with E-state index in [-0.39, 0.29) is 18.0 Å². The lowest BCUT2D eigenvalue weighted by molar-refractivity contribution is -0.121. The smallest absolute Gasteiger partial charge is 0.241 e. The Bertz CT molecular complexity index is 393. The van der Waals surface area contributed by atoms with E-state index in [2.05, 4.69) is 10.2 Å². The van der Waals surface area contributed by atoms with Crippen LogP contribution in [0.2, 0.25) is 0 Å². The third-order valence-corrected chi connectivity index (χ3v) is 3.46. The summed E-state index contributed by atoms with van der Waals surface area (Å²) in [4.78, 5) is 14.3. The lowest BCUT2D eigenvalue weighted by atomic mass is 10.0. The number of anilines is 1. The summed E-state index contributed by atoms with van der Waals surface area (Å²) in [6.07, 6.45) is 2.13. The largest absolute Gasteiger partial charge is 0.327 e. The van der Waals surface area contributed by atoms with E-state index in [1.54, 1.807) is 0 Å². The number of carbonyl (C=O) groups excluding carboxylic acids is 1. The summed E-state index contributed by atoms with van der Waals surface area (Å²) in [5.41, 5.74) is 6.79. The lowest BCUT2D eigenvalue weighted by Gasteiger charge is -2.34. The second-order valence-corrected chi connectivity index (χ2v) is 4.93. The van der Waals surface area contributed by atoms with Crippen molar-refractivity contribution in [2.45, 2.75) is 31.8 Å². The third-order valence-electron chi connectivity index (χ3n) is 3.46. The minimum Gasteiger partial charge on any atom is -0.327 e. The van der Waals surface area contributed by atoms with Gasteiger partial charge >= 0.3 is 0 Å². The number of likely N-dealkylation sites (tertiary alicyclic amines) is 1. The molecule has 2 atom stereocenters. The number of carbonyl (C=O) groups is 1.